The number of imide groups is 1. The van der Waals surface area contributed by atoms with Crippen molar-refractivity contribution >= 4 is 17.7 Å². The zero-order valence-corrected chi connectivity index (χ0v) is 11.7. The fourth-order valence-corrected chi connectivity index (χ4v) is 3.10. The van der Waals surface area contributed by atoms with Gasteiger partial charge in [-0.3, -0.25) is 19.3 Å². The van der Waals surface area contributed by atoms with Gasteiger partial charge in [0, 0.05) is 38.9 Å². The Balaban J connectivity index is 1.84. The Hall–Kier alpha value is -1.39. The molecule has 0 aromatic heterocycles. The largest absolute Gasteiger partial charge is 0.342 e. The molecule has 2 rings (SSSR count). The Morgan fingerprint density at radius 1 is 1.11 bits per heavy atom. The molecule has 5 nitrogen and oxygen atoms in total. The van der Waals surface area contributed by atoms with E-state index in [1.807, 2.05) is 4.90 Å². The minimum absolute atomic E-state index is 0.0610. The van der Waals surface area contributed by atoms with Crippen molar-refractivity contribution in [3.63, 3.8) is 0 Å². The van der Waals surface area contributed by atoms with Crippen molar-refractivity contribution in [3.05, 3.63) is 0 Å². The van der Waals surface area contributed by atoms with Gasteiger partial charge in [0.05, 0.1) is 0 Å². The second kappa shape index (κ2) is 5.72. The first-order chi connectivity index (χ1) is 8.97. The minimum atomic E-state index is -0.141. The van der Waals surface area contributed by atoms with Gasteiger partial charge in [0.1, 0.15) is 0 Å². The number of rotatable bonds is 3. The third kappa shape index (κ3) is 3.33. The summed E-state index contributed by atoms with van der Waals surface area (Å²) in [6.07, 6.45) is 2.01. The summed E-state index contributed by atoms with van der Waals surface area (Å²) in [7, 11) is 0. The van der Waals surface area contributed by atoms with E-state index in [2.05, 4.69) is 13.8 Å². The maximum atomic E-state index is 12.1. The predicted octanol–water partition coefficient (Wildman–Crippen LogP) is 1.03. The van der Waals surface area contributed by atoms with Crippen molar-refractivity contribution in [2.45, 2.75) is 39.5 Å². The summed E-state index contributed by atoms with van der Waals surface area (Å²) >= 11 is 0. The molecule has 19 heavy (non-hydrogen) atoms. The molecule has 0 aliphatic carbocycles. The van der Waals surface area contributed by atoms with Crippen LogP contribution in [0.4, 0.5) is 0 Å². The molecule has 2 saturated heterocycles. The van der Waals surface area contributed by atoms with Gasteiger partial charge in [-0.25, -0.2) is 0 Å². The maximum absolute atomic E-state index is 12.1. The first-order valence-corrected chi connectivity index (χ1v) is 7.08. The number of amides is 3. The SMILES string of the molecule is CC1CC(C)CN(C(=O)CCN2C(=O)CCC2=O)C1. The highest BCUT2D eigenvalue weighted by Gasteiger charge is 2.30. The van der Waals surface area contributed by atoms with Crippen molar-refractivity contribution in [2.24, 2.45) is 11.8 Å². The number of hydrogen-bond donors (Lipinski definition) is 0. The van der Waals surface area contributed by atoms with E-state index in [4.69, 9.17) is 0 Å². The average molecular weight is 266 g/mol. The zero-order valence-electron chi connectivity index (χ0n) is 11.7. The lowest BCUT2D eigenvalue weighted by molar-refractivity contribution is -0.140. The Morgan fingerprint density at radius 2 is 1.63 bits per heavy atom. The van der Waals surface area contributed by atoms with Crippen molar-refractivity contribution < 1.29 is 14.4 Å². The Labute approximate surface area is 113 Å². The molecule has 2 heterocycles. The van der Waals surface area contributed by atoms with Crippen LogP contribution in [-0.4, -0.2) is 47.2 Å². The fraction of sp³-hybridized carbons (Fsp3) is 0.786. The quantitative estimate of drug-likeness (QED) is 0.717. The van der Waals surface area contributed by atoms with Crippen LogP contribution in [-0.2, 0) is 14.4 Å². The van der Waals surface area contributed by atoms with Crippen molar-refractivity contribution in [3.8, 4) is 0 Å². The van der Waals surface area contributed by atoms with Gasteiger partial charge in [0.25, 0.3) is 0 Å². The van der Waals surface area contributed by atoms with Crippen LogP contribution >= 0.6 is 0 Å². The molecule has 0 radical (unpaired) electrons. The van der Waals surface area contributed by atoms with E-state index >= 15 is 0 Å². The van der Waals surface area contributed by atoms with Gasteiger partial charge in [0.15, 0.2) is 0 Å². The second-order valence-electron chi connectivity index (χ2n) is 5.93. The number of likely N-dealkylation sites (tertiary alicyclic amines) is 2. The number of carbonyl (C=O) groups excluding carboxylic acids is 3. The Bertz CT molecular complexity index is 368. The van der Waals surface area contributed by atoms with Crippen molar-refractivity contribution in [1.29, 1.82) is 0 Å². The monoisotopic (exact) mass is 266 g/mol. The van der Waals surface area contributed by atoms with E-state index in [9.17, 15) is 14.4 Å². The number of carbonyl (C=O) groups is 3. The van der Waals surface area contributed by atoms with Gasteiger partial charge < -0.3 is 4.90 Å². The summed E-state index contributed by atoms with van der Waals surface area (Å²) in [5, 5.41) is 0. The number of piperidine rings is 1. The fourth-order valence-electron chi connectivity index (χ4n) is 3.10. The van der Waals surface area contributed by atoms with E-state index in [0.29, 0.717) is 24.7 Å². The summed E-state index contributed by atoms with van der Waals surface area (Å²) in [6.45, 7) is 6.15. The molecule has 0 aromatic carbocycles. The molecule has 2 aliphatic rings. The molecular weight excluding hydrogens is 244 g/mol. The second-order valence-corrected chi connectivity index (χ2v) is 5.93. The highest BCUT2D eigenvalue weighted by atomic mass is 16.2. The molecule has 2 unspecified atom stereocenters. The van der Waals surface area contributed by atoms with E-state index in [-0.39, 0.29) is 30.7 Å². The predicted molar refractivity (Wildman–Crippen MR) is 70.1 cm³/mol. The molecule has 3 amide bonds. The minimum Gasteiger partial charge on any atom is -0.342 e. The van der Waals surface area contributed by atoms with E-state index in [1.54, 1.807) is 0 Å². The zero-order chi connectivity index (χ0) is 14.0. The van der Waals surface area contributed by atoms with Crippen LogP contribution in [0, 0.1) is 11.8 Å². The molecule has 106 valence electrons. The van der Waals surface area contributed by atoms with Gasteiger partial charge in [-0.15, -0.1) is 0 Å². The van der Waals surface area contributed by atoms with Crippen molar-refractivity contribution in [2.75, 3.05) is 19.6 Å². The topological polar surface area (TPSA) is 57.7 Å². The molecule has 0 N–H and O–H groups in total. The number of nitrogens with zero attached hydrogens (tertiary/aromatic N) is 2. The third-order valence-electron chi connectivity index (χ3n) is 3.93. The summed E-state index contributed by atoms with van der Waals surface area (Å²) in [4.78, 5) is 38.2. The van der Waals surface area contributed by atoms with Gasteiger partial charge in [-0.1, -0.05) is 13.8 Å². The summed E-state index contributed by atoms with van der Waals surface area (Å²) in [5.41, 5.74) is 0. The van der Waals surface area contributed by atoms with Crippen LogP contribution in [0.25, 0.3) is 0 Å². The molecule has 0 saturated carbocycles. The normalized spacial score (nSPS) is 28.1. The van der Waals surface area contributed by atoms with E-state index in [0.717, 1.165) is 19.5 Å². The third-order valence-corrected chi connectivity index (χ3v) is 3.93. The van der Waals surface area contributed by atoms with Crippen molar-refractivity contribution in [1.82, 2.24) is 9.80 Å². The van der Waals surface area contributed by atoms with Gasteiger partial charge in [-0.05, 0) is 18.3 Å². The van der Waals surface area contributed by atoms with Crippen LogP contribution < -0.4 is 0 Å². The lowest BCUT2D eigenvalue weighted by Gasteiger charge is -2.35. The lowest BCUT2D eigenvalue weighted by Crippen LogP contribution is -2.44. The van der Waals surface area contributed by atoms with Crippen LogP contribution in [0.5, 0.6) is 0 Å². The highest BCUT2D eigenvalue weighted by molar-refractivity contribution is 6.02. The summed E-state index contributed by atoms with van der Waals surface area (Å²) in [6, 6.07) is 0. The standard InChI is InChI=1S/C14H22N2O3/c1-10-7-11(2)9-15(8-10)12(17)5-6-16-13(18)3-4-14(16)19/h10-11H,3-9H2,1-2H3. The first kappa shape index (κ1) is 14.0. The smallest absolute Gasteiger partial charge is 0.229 e. The Morgan fingerprint density at radius 3 is 2.16 bits per heavy atom. The van der Waals surface area contributed by atoms with Crippen LogP contribution in [0.1, 0.15) is 39.5 Å². The number of hydrogen-bond acceptors (Lipinski definition) is 3. The lowest BCUT2D eigenvalue weighted by atomic mass is 9.92. The van der Waals surface area contributed by atoms with Crippen LogP contribution in [0.2, 0.25) is 0 Å². The molecule has 0 aromatic rings. The highest BCUT2D eigenvalue weighted by Crippen LogP contribution is 2.21. The first-order valence-electron chi connectivity index (χ1n) is 7.08. The molecule has 2 aliphatic heterocycles. The molecule has 0 bridgehead atoms. The molecule has 5 heteroatoms. The molecule has 2 atom stereocenters. The molecular formula is C14H22N2O3. The Kier molecular flexibility index (Phi) is 4.22. The molecule has 2 fully saturated rings. The summed E-state index contributed by atoms with van der Waals surface area (Å²) in [5.74, 6) is 0.841. The van der Waals surface area contributed by atoms with E-state index in [1.165, 1.54) is 4.90 Å². The van der Waals surface area contributed by atoms with Gasteiger partial charge in [0.2, 0.25) is 17.7 Å². The van der Waals surface area contributed by atoms with Crippen LogP contribution in [0.15, 0.2) is 0 Å². The van der Waals surface area contributed by atoms with Gasteiger partial charge in [-0.2, -0.15) is 0 Å². The average Bonchev–Trinajstić information content (AvgIpc) is 2.65. The molecule has 0 spiro atoms. The van der Waals surface area contributed by atoms with Crippen LogP contribution in [0.3, 0.4) is 0 Å². The van der Waals surface area contributed by atoms with Gasteiger partial charge >= 0.3 is 0 Å². The summed E-state index contributed by atoms with van der Waals surface area (Å²) < 4.78 is 0. The maximum Gasteiger partial charge on any atom is 0.229 e. The van der Waals surface area contributed by atoms with E-state index < -0.39 is 0 Å².